The highest BCUT2D eigenvalue weighted by Gasteiger charge is 2.22. The molecule has 2 heterocycles. The summed E-state index contributed by atoms with van der Waals surface area (Å²) in [6.45, 7) is 12.5. The van der Waals surface area contributed by atoms with E-state index in [2.05, 4.69) is 23.7 Å². The Morgan fingerprint density at radius 2 is 2.07 bits per heavy atom. The highest BCUT2D eigenvalue weighted by Crippen LogP contribution is 2.34. The van der Waals surface area contributed by atoms with Crippen LogP contribution in [-0.2, 0) is 24.1 Å². The van der Waals surface area contributed by atoms with Crippen molar-refractivity contribution < 1.29 is 9.84 Å². The number of H-pyrrole nitrogens is 1. The molecular weight excluding hydrogens is 386 g/mol. The fraction of sp³-hybridized carbons (Fsp3) is 0.727. The van der Waals surface area contributed by atoms with Crippen LogP contribution in [0.4, 0.5) is 0 Å². The number of aryl methyl sites for hydroxylation is 2. The fourth-order valence-electron chi connectivity index (χ4n) is 3.71. The fourth-order valence-corrected chi connectivity index (χ4v) is 4.99. The molecule has 0 spiro atoms. The van der Waals surface area contributed by atoms with Gasteiger partial charge in [-0.25, -0.2) is 4.98 Å². The third kappa shape index (κ3) is 6.10. The van der Waals surface area contributed by atoms with Gasteiger partial charge in [-0.05, 0) is 64.5 Å². The quantitative estimate of drug-likeness (QED) is 0.648. The van der Waals surface area contributed by atoms with Gasteiger partial charge in [-0.15, -0.1) is 11.3 Å². The average molecular weight is 422 g/mol. The largest absolute Gasteiger partial charge is 0.389 e. The van der Waals surface area contributed by atoms with Gasteiger partial charge in [-0.3, -0.25) is 9.69 Å². The second-order valence-electron chi connectivity index (χ2n) is 9.54. The van der Waals surface area contributed by atoms with E-state index in [1.807, 2.05) is 20.8 Å². The summed E-state index contributed by atoms with van der Waals surface area (Å²) in [5, 5.41) is 11.3. The van der Waals surface area contributed by atoms with Gasteiger partial charge in [-0.1, -0.05) is 13.8 Å². The summed E-state index contributed by atoms with van der Waals surface area (Å²) in [6, 6.07) is 0. The number of thiophene rings is 1. The van der Waals surface area contributed by atoms with Crippen LogP contribution in [0.15, 0.2) is 4.79 Å². The lowest BCUT2D eigenvalue weighted by molar-refractivity contribution is -0.0570. The molecule has 0 radical (unpaired) electrons. The number of hydrogen-bond donors (Lipinski definition) is 2. The van der Waals surface area contributed by atoms with E-state index in [4.69, 9.17) is 9.72 Å². The van der Waals surface area contributed by atoms with Crippen molar-refractivity contribution in [2.45, 2.75) is 78.6 Å². The predicted molar refractivity (Wildman–Crippen MR) is 119 cm³/mol. The molecule has 1 atom stereocenters. The first-order chi connectivity index (χ1) is 13.6. The number of aromatic nitrogens is 2. The monoisotopic (exact) mass is 421 g/mol. The van der Waals surface area contributed by atoms with E-state index in [0.717, 1.165) is 42.4 Å². The van der Waals surface area contributed by atoms with Crippen LogP contribution in [0.1, 0.15) is 63.7 Å². The van der Waals surface area contributed by atoms with Crippen molar-refractivity contribution in [1.82, 2.24) is 14.9 Å². The minimum Gasteiger partial charge on any atom is -0.389 e. The maximum absolute atomic E-state index is 12.7. The Labute approximate surface area is 177 Å². The molecule has 0 aliphatic heterocycles. The number of aliphatic hydroxyl groups is 1. The lowest BCUT2D eigenvalue weighted by Crippen LogP contribution is -2.38. The van der Waals surface area contributed by atoms with Crippen molar-refractivity contribution in [3.05, 3.63) is 26.6 Å². The Morgan fingerprint density at radius 3 is 2.76 bits per heavy atom. The van der Waals surface area contributed by atoms with Crippen molar-refractivity contribution >= 4 is 21.6 Å². The Balaban J connectivity index is 1.73. The molecule has 1 aliphatic rings. The molecule has 6 nitrogen and oxygen atoms in total. The molecular formula is C22H35N3O3S. The second kappa shape index (κ2) is 9.25. The highest BCUT2D eigenvalue weighted by molar-refractivity contribution is 7.18. The van der Waals surface area contributed by atoms with Crippen molar-refractivity contribution in [1.29, 1.82) is 0 Å². The molecule has 0 saturated heterocycles. The average Bonchev–Trinajstić information content (AvgIpc) is 3.17. The highest BCUT2D eigenvalue weighted by atomic mass is 32.1. The minimum atomic E-state index is -0.581. The van der Waals surface area contributed by atoms with Gasteiger partial charge >= 0.3 is 0 Å². The summed E-state index contributed by atoms with van der Waals surface area (Å²) in [5.74, 6) is 1.24. The van der Waals surface area contributed by atoms with E-state index >= 15 is 0 Å². The van der Waals surface area contributed by atoms with Crippen LogP contribution < -0.4 is 5.56 Å². The van der Waals surface area contributed by atoms with Crippen LogP contribution in [0, 0.1) is 5.92 Å². The van der Waals surface area contributed by atoms with Crippen LogP contribution in [0.3, 0.4) is 0 Å². The van der Waals surface area contributed by atoms with Gasteiger partial charge in [0.1, 0.15) is 10.7 Å². The predicted octanol–water partition coefficient (Wildman–Crippen LogP) is 3.50. The molecule has 0 fully saturated rings. The van der Waals surface area contributed by atoms with Crippen LogP contribution in [0.2, 0.25) is 0 Å². The first-order valence-electron chi connectivity index (χ1n) is 10.7. The SMILES string of the molecule is CC(C)CCN(Cc1nc2sc3c(c2c(=O)[nH]1)CCC3)C[C@@H](O)COC(C)(C)C. The molecule has 2 aromatic rings. The summed E-state index contributed by atoms with van der Waals surface area (Å²) in [4.78, 5) is 24.8. The zero-order valence-electron chi connectivity index (χ0n) is 18.4. The van der Waals surface area contributed by atoms with Crippen LogP contribution >= 0.6 is 11.3 Å². The molecule has 0 saturated carbocycles. The van der Waals surface area contributed by atoms with Crippen molar-refractivity contribution in [2.24, 2.45) is 5.92 Å². The van der Waals surface area contributed by atoms with Crippen LogP contribution in [0.5, 0.6) is 0 Å². The molecule has 7 heteroatoms. The normalized spacial score (nSPS) is 15.6. The zero-order chi connectivity index (χ0) is 21.2. The lowest BCUT2D eigenvalue weighted by atomic mass is 10.1. The third-order valence-corrected chi connectivity index (χ3v) is 6.38. The number of fused-ring (bicyclic) bond motifs is 3. The van der Waals surface area contributed by atoms with E-state index in [1.165, 1.54) is 10.4 Å². The summed E-state index contributed by atoms with van der Waals surface area (Å²) in [6.07, 6.45) is 3.62. The molecule has 0 unspecified atom stereocenters. The van der Waals surface area contributed by atoms with E-state index in [-0.39, 0.29) is 11.2 Å². The summed E-state index contributed by atoms with van der Waals surface area (Å²) in [5.41, 5.74) is 0.905. The molecule has 0 bridgehead atoms. The Hall–Kier alpha value is -1.28. The molecule has 29 heavy (non-hydrogen) atoms. The Bertz CT molecular complexity index is 882. The first kappa shape index (κ1) is 22.4. The number of aliphatic hydroxyl groups excluding tert-OH is 1. The summed E-state index contributed by atoms with van der Waals surface area (Å²) >= 11 is 1.67. The second-order valence-corrected chi connectivity index (χ2v) is 10.6. The number of hydrogen-bond acceptors (Lipinski definition) is 6. The molecule has 3 rings (SSSR count). The van der Waals surface area contributed by atoms with Gasteiger partial charge in [0.15, 0.2) is 0 Å². The van der Waals surface area contributed by atoms with Crippen LogP contribution in [0.25, 0.3) is 10.2 Å². The molecule has 2 aromatic heterocycles. The van der Waals surface area contributed by atoms with Crippen molar-refractivity contribution in [2.75, 3.05) is 19.7 Å². The lowest BCUT2D eigenvalue weighted by Gasteiger charge is -2.27. The maximum atomic E-state index is 12.7. The van der Waals surface area contributed by atoms with Crippen molar-refractivity contribution in [3.63, 3.8) is 0 Å². The van der Waals surface area contributed by atoms with Crippen LogP contribution in [-0.4, -0.2) is 51.4 Å². The number of nitrogens with one attached hydrogen (secondary N) is 1. The number of ether oxygens (including phenoxy) is 1. The Kier molecular flexibility index (Phi) is 7.14. The van der Waals surface area contributed by atoms with Gasteiger partial charge in [0.25, 0.3) is 5.56 Å². The minimum absolute atomic E-state index is 0.0233. The molecule has 1 aliphatic carbocycles. The summed E-state index contributed by atoms with van der Waals surface area (Å²) in [7, 11) is 0. The molecule has 2 N–H and O–H groups in total. The van der Waals surface area contributed by atoms with Gasteiger partial charge in [0, 0.05) is 11.4 Å². The zero-order valence-corrected chi connectivity index (χ0v) is 19.2. The smallest absolute Gasteiger partial charge is 0.259 e. The van der Waals surface area contributed by atoms with E-state index in [9.17, 15) is 9.90 Å². The third-order valence-electron chi connectivity index (χ3n) is 5.20. The maximum Gasteiger partial charge on any atom is 0.259 e. The molecule has 0 amide bonds. The van der Waals surface area contributed by atoms with Gasteiger partial charge in [0.2, 0.25) is 0 Å². The number of aromatic amines is 1. The van der Waals surface area contributed by atoms with E-state index in [1.54, 1.807) is 11.3 Å². The van der Waals surface area contributed by atoms with Crippen molar-refractivity contribution in [3.8, 4) is 0 Å². The molecule has 162 valence electrons. The number of rotatable bonds is 9. The van der Waals surface area contributed by atoms with Gasteiger partial charge in [-0.2, -0.15) is 0 Å². The van der Waals surface area contributed by atoms with Gasteiger partial charge < -0.3 is 14.8 Å². The van der Waals surface area contributed by atoms with Gasteiger partial charge in [0.05, 0.1) is 30.2 Å². The topological polar surface area (TPSA) is 78.5 Å². The van der Waals surface area contributed by atoms with E-state index in [0.29, 0.717) is 31.4 Å². The first-order valence-corrected chi connectivity index (χ1v) is 11.5. The summed E-state index contributed by atoms with van der Waals surface area (Å²) < 4.78 is 5.73. The standard InChI is InChI=1S/C22H35N3O3S/c1-14(2)9-10-25(11-15(26)13-28-22(3,4)5)12-18-23-20(27)19-16-7-6-8-17(16)29-21(19)24-18/h14-15,26H,6-13H2,1-5H3,(H,23,24,27)/t15-/m1/s1. The molecule has 0 aromatic carbocycles. The Morgan fingerprint density at radius 1 is 1.31 bits per heavy atom. The van der Waals surface area contributed by atoms with E-state index < -0.39 is 6.10 Å². The number of nitrogens with zero attached hydrogens (tertiary/aromatic N) is 2.